The number of aryl methyl sites for hydroxylation is 2. The van der Waals surface area contributed by atoms with Crippen LogP contribution < -0.4 is 5.73 Å². The summed E-state index contributed by atoms with van der Waals surface area (Å²) in [5.74, 6) is -4.10. The van der Waals surface area contributed by atoms with Gasteiger partial charge in [0.05, 0.1) is 76.6 Å². The Morgan fingerprint density at radius 3 is 1.10 bits per heavy atom. The number of nitrogens with zero attached hydrogens (tertiary/aromatic N) is 3. The molecule has 0 fully saturated rings. The number of ether oxygens (including phenoxy) is 1. The first-order valence-electron chi connectivity index (χ1n) is 25.6. The lowest BCUT2D eigenvalue weighted by Crippen LogP contribution is -2.11. The van der Waals surface area contributed by atoms with Crippen LogP contribution in [0.1, 0.15) is 62.9 Å². The number of halogens is 7. The molecule has 1 amide bonds. The van der Waals surface area contributed by atoms with Gasteiger partial charge in [-0.05, 0) is 148 Å². The number of methoxy groups -OCH3 is 1. The molecular formula is C65H41BrCl6N4O9S3. The summed E-state index contributed by atoms with van der Waals surface area (Å²) in [5, 5.41) is 39.5. The van der Waals surface area contributed by atoms with Gasteiger partial charge in [-0.1, -0.05) is 130 Å². The second-order valence-electron chi connectivity index (χ2n) is 19.0. The molecule has 11 rings (SSSR count). The van der Waals surface area contributed by atoms with Crippen LogP contribution in [0.4, 0.5) is 0 Å². The third kappa shape index (κ3) is 14.9. The molecule has 0 aliphatic heterocycles. The molecule has 0 atom stereocenters. The third-order valence-corrected chi connectivity index (χ3v) is 18.9. The van der Waals surface area contributed by atoms with E-state index in [1.54, 1.807) is 97.9 Å². The maximum atomic E-state index is 12.0. The highest BCUT2D eigenvalue weighted by Crippen LogP contribution is 2.39. The van der Waals surface area contributed by atoms with Gasteiger partial charge < -0.3 is 25.8 Å². The van der Waals surface area contributed by atoms with E-state index in [1.807, 2.05) is 65.5 Å². The Hall–Kier alpha value is -7.78. The zero-order valence-electron chi connectivity index (χ0n) is 45.7. The summed E-state index contributed by atoms with van der Waals surface area (Å²) in [5.41, 5.74) is 17.4. The second-order valence-corrected chi connectivity index (χ2v) is 24.9. The molecule has 0 bridgehead atoms. The summed E-state index contributed by atoms with van der Waals surface area (Å²) < 4.78 is 5.47. The van der Waals surface area contributed by atoms with Crippen LogP contribution >= 0.6 is 120 Å². The molecule has 11 aromatic rings. The number of hydrogen-bond acceptors (Lipinski definition) is 12. The second kappa shape index (κ2) is 28.1. The van der Waals surface area contributed by atoms with E-state index in [0.717, 1.165) is 49.8 Å². The summed E-state index contributed by atoms with van der Waals surface area (Å²) >= 11 is 43.8. The number of amides is 1. The van der Waals surface area contributed by atoms with Crippen molar-refractivity contribution in [3.8, 4) is 87.7 Å². The first-order valence-corrected chi connectivity index (χ1v) is 31.3. The fraction of sp³-hybridized carbons (Fsp3) is 0.0462. The van der Waals surface area contributed by atoms with Gasteiger partial charge in [0, 0.05) is 59.6 Å². The van der Waals surface area contributed by atoms with Crippen molar-refractivity contribution in [3.05, 3.63) is 235 Å². The van der Waals surface area contributed by atoms with Crippen molar-refractivity contribution in [2.75, 3.05) is 7.11 Å². The zero-order valence-corrected chi connectivity index (χ0v) is 54.2. The van der Waals surface area contributed by atoms with E-state index in [9.17, 15) is 39.3 Å². The van der Waals surface area contributed by atoms with Crippen LogP contribution in [0.15, 0.2) is 166 Å². The Morgan fingerprint density at radius 1 is 0.420 bits per heavy atom. The average Bonchev–Trinajstić information content (AvgIpc) is 2.62. The Morgan fingerprint density at radius 2 is 0.761 bits per heavy atom. The number of rotatable bonds is 13. The van der Waals surface area contributed by atoms with Gasteiger partial charge in [0.2, 0.25) is 5.91 Å². The first-order chi connectivity index (χ1) is 42.0. The Kier molecular flexibility index (Phi) is 20.7. The van der Waals surface area contributed by atoms with Crippen LogP contribution in [0.2, 0.25) is 30.1 Å². The maximum Gasteiger partial charge on any atom is 0.339 e. The molecule has 0 unspecified atom stereocenters. The van der Waals surface area contributed by atoms with E-state index < -0.39 is 29.8 Å². The summed E-state index contributed by atoms with van der Waals surface area (Å²) in [4.78, 5) is 72.4. The minimum absolute atomic E-state index is 0.111. The Balaban J connectivity index is 0.000000159. The van der Waals surface area contributed by atoms with Gasteiger partial charge in [-0.15, -0.1) is 34.0 Å². The third-order valence-electron chi connectivity index (χ3n) is 13.3. The number of hydrogen-bond donors (Lipinski definition) is 4. The highest BCUT2D eigenvalue weighted by molar-refractivity contribution is 9.10. The summed E-state index contributed by atoms with van der Waals surface area (Å²) in [6.07, 6.45) is 0. The molecule has 0 radical (unpaired) electrons. The lowest BCUT2D eigenvalue weighted by Gasteiger charge is -2.12. The molecule has 8 aromatic carbocycles. The number of esters is 1. The predicted octanol–water partition coefficient (Wildman–Crippen LogP) is 20.0. The molecule has 5 N–H and O–H groups in total. The van der Waals surface area contributed by atoms with Gasteiger partial charge in [-0.2, -0.15) is 0 Å². The molecule has 0 spiro atoms. The quantitative estimate of drug-likeness (QED) is 0.0792. The number of aromatic nitrogens is 3. The van der Waals surface area contributed by atoms with Crippen molar-refractivity contribution in [1.29, 1.82) is 0 Å². The molecule has 0 aliphatic carbocycles. The largest absolute Gasteiger partial charge is 0.478 e. The fourth-order valence-electron chi connectivity index (χ4n) is 8.90. The molecule has 442 valence electrons. The molecule has 0 saturated carbocycles. The van der Waals surface area contributed by atoms with Crippen LogP contribution in [-0.4, -0.2) is 67.2 Å². The monoisotopic (exact) mass is 1410 g/mol. The first kappa shape index (κ1) is 64.7. The molecule has 3 aromatic heterocycles. The van der Waals surface area contributed by atoms with E-state index in [1.165, 1.54) is 53.3 Å². The van der Waals surface area contributed by atoms with Gasteiger partial charge >= 0.3 is 23.9 Å². The van der Waals surface area contributed by atoms with Crippen LogP contribution in [-0.2, 0) is 4.74 Å². The Bertz CT molecular complexity index is 4380. The number of nitrogens with two attached hydrogens (primary N) is 1. The van der Waals surface area contributed by atoms with Crippen LogP contribution in [0.5, 0.6) is 0 Å². The lowest BCUT2D eigenvalue weighted by atomic mass is 9.93. The number of carbonyl (C=O) groups excluding carboxylic acids is 2. The normalized spacial score (nSPS) is 10.8. The van der Waals surface area contributed by atoms with Crippen LogP contribution in [0.25, 0.3) is 87.7 Å². The van der Waals surface area contributed by atoms with E-state index >= 15 is 0 Å². The number of carboxylic acid groups (broad SMARTS) is 3. The predicted molar refractivity (Wildman–Crippen MR) is 358 cm³/mol. The highest BCUT2D eigenvalue weighted by Gasteiger charge is 2.21. The van der Waals surface area contributed by atoms with Crippen LogP contribution in [0.3, 0.4) is 0 Å². The van der Waals surface area contributed by atoms with Gasteiger partial charge in [0.25, 0.3) is 0 Å². The van der Waals surface area contributed by atoms with Gasteiger partial charge in [-0.25, -0.2) is 34.1 Å². The highest BCUT2D eigenvalue weighted by atomic mass is 79.9. The van der Waals surface area contributed by atoms with Crippen LogP contribution in [0, 0.1) is 13.8 Å². The van der Waals surface area contributed by atoms with Gasteiger partial charge in [0.1, 0.15) is 15.0 Å². The number of carboxylic acids is 3. The minimum atomic E-state index is -1.08. The fourth-order valence-corrected chi connectivity index (χ4v) is 12.7. The van der Waals surface area contributed by atoms with Gasteiger partial charge in [0.15, 0.2) is 0 Å². The Labute approximate surface area is 553 Å². The molecular weight excluding hydrogens is 1370 g/mol. The van der Waals surface area contributed by atoms with Crippen molar-refractivity contribution >= 4 is 149 Å². The number of primary amides is 1. The van der Waals surface area contributed by atoms with Crippen molar-refractivity contribution in [3.63, 3.8) is 0 Å². The summed E-state index contributed by atoms with van der Waals surface area (Å²) in [6.45, 7) is 3.57. The summed E-state index contributed by atoms with van der Waals surface area (Å²) in [6, 6.07) is 41.3. The zero-order chi connectivity index (χ0) is 63.2. The molecule has 88 heavy (non-hydrogen) atoms. The molecule has 23 heteroatoms. The molecule has 0 saturated heterocycles. The van der Waals surface area contributed by atoms with Crippen molar-refractivity contribution < 1.29 is 44.0 Å². The minimum Gasteiger partial charge on any atom is -0.478 e. The van der Waals surface area contributed by atoms with Crippen molar-refractivity contribution in [2.45, 2.75) is 13.8 Å². The maximum absolute atomic E-state index is 12.0. The number of benzene rings is 8. The molecule has 0 aliphatic rings. The summed E-state index contributed by atoms with van der Waals surface area (Å²) in [7, 11) is 1.35. The van der Waals surface area contributed by atoms with E-state index in [0.29, 0.717) is 94.8 Å². The van der Waals surface area contributed by atoms with Crippen molar-refractivity contribution in [1.82, 2.24) is 15.0 Å². The molecule has 13 nitrogen and oxygen atoms in total. The van der Waals surface area contributed by atoms with E-state index in [2.05, 4.69) is 30.9 Å². The lowest BCUT2D eigenvalue weighted by molar-refractivity contribution is 0.0597. The number of thiazole rings is 3. The smallest absolute Gasteiger partial charge is 0.339 e. The number of aromatic carboxylic acids is 3. The number of carbonyl (C=O) groups is 5. The average molecular weight is 1410 g/mol. The van der Waals surface area contributed by atoms with E-state index in [4.69, 9.17) is 80.1 Å². The standard InChI is InChI=1S/C24H16Cl2N2O3S.C24H15Cl2NO4S.C17H10BrCl2NO2S/c1-12-8-14(22(27)29)2-5-16(12)17-6-3-15(9-18(17)24(30)31)23-28-21(11-32-23)13-4-7-19(25)20(26)10-13;1-12-8-15(23(28)29)3-5-16(12)17-6-2-14(9-18(17)24(30)31)22-27-21(11-32-22)13-4-7-19(25)20(26)10-13;1-23-17(22)11-6-10(2-4-12(11)18)16-21-15(8-24-16)9-3-5-13(19)14(20)7-9/h2-11H,1H3,(H2,27,29)(H,30,31);2-11H,1H3,(H,28,29)(H,30,31);2-8H,1H3. The van der Waals surface area contributed by atoms with Gasteiger partial charge in [-0.3, -0.25) is 4.79 Å². The topological polar surface area (TPSA) is 220 Å². The van der Waals surface area contributed by atoms with Crippen molar-refractivity contribution in [2.24, 2.45) is 5.73 Å². The SMILES string of the molecule is COC(=O)c1cc(-c2nc(-c3ccc(Cl)c(Cl)c3)cs2)ccc1Br.Cc1cc(C(=O)O)ccc1-c1ccc(-c2nc(-c3ccc(Cl)c(Cl)c3)cs2)cc1C(=O)O.Cc1cc(C(N)=O)ccc1-c1ccc(-c2nc(-c3ccc(Cl)c(Cl)c3)cs2)cc1C(=O)O. The molecule has 3 heterocycles. The van der Waals surface area contributed by atoms with E-state index in [-0.39, 0.29) is 16.7 Å².